The van der Waals surface area contributed by atoms with Crippen molar-refractivity contribution >= 4 is 11.7 Å². The van der Waals surface area contributed by atoms with Gasteiger partial charge in [0, 0.05) is 13.1 Å². The first-order valence-electron chi connectivity index (χ1n) is 6.64. The van der Waals surface area contributed by atoms with Crippen molar-refractivity contribution in [3.05, 3.63) is 24.4 Å². The maximum atomic E-state index is 11.6. The normalized spacial score (nSPS) is 14.4. The average Bonchev–Trinajstić information content (AvgIpc) is 3.19. The van der Waals surface area contributed by atoms with Crippen LogP contribution in [-0.4, -0.2) is 41.1 Å². The van der Waals surface area contributed by atoms with Crippen LogP contribution >= 0.6 is 0 Å². The fourth-order valence-electron chi connectivity index (χ4n) is 2.20. The molecule has 1 aliphatic heterocycles. The Morgan fingerprint density at radius 2 is 2.14 bits per heavy atom. The van der Waals surface area contributed by atoms with Crippen molar-refractivity contribution in [2.24, 2.45) is 0 Å². The van der Waals surface area contributed by atoms with Gasteiger partial charge in [-0.05, 0) is 12.8 Å². The first-order chi connectivity index (χ1) is 10.3. The van der Waals surface area contributed by atoms with Crippen molar-refractivity contribution in [1.29, 1.82) is 0 Å². The number of hydrogen-bond donors (Lipinski definition) is 1. The summed E-state index contributed by atoms with van der Waals surface area (Å²) in [5.74, 6) is 0.607. The van der Waals surface area contributed by atoms with Gasteiger partial charge in [-0.1, -0.05) is 0 Å². The molecule has 110 valence electrons. The second-order valence-corrected chi connectivity index (χ2v) is 4.62. The Balaban J connectivity index is 1.83. The summed E-state index contributed by atoms with van der Waals surface area (Å²) in [6.07, 6.45) is 6.92. The van der Waals surface area contributed by atoms with Gasteiger partial charge in [0.25, 0.3) is 0 Å². The van der Waals surface area contributed by atoms with E-state index in [1.807, 2.05) is 0 Å². The second kappa shape index (κ2) is 5.88. The maximum absolute atomic E-state index is 11.6. The van der Waals surface area contributed by atoms with Crippen LogP contribution < -0.4 is 10.4 Å². The minimum atomic E-state index is -0.500. The number of amides is 1. The van der Waals surface area contributed by atoms with Gasteiger partial charge in [-0.2, -0.15) is 0 Å². The van der Waals surface area contributed by atoms with E-state index < -0.39 is 5.91 Å². The van der Waals surface area contributed by atoms with Gasteiger partial charge in [-0.3, -0.25) is 14.6 Å². The minimum Gasteiger partial charge on any atom is -0.429 e. The lowest BCUT2D eigenvalue weighted by atomic mass is 10.4. The maximum Gasteiger partial charge on any atom is 0.312 e. The Morgan fingerprint density at radius 3 is 2.90 bits per heavy atom. The van der Waals surface area contributed by atoms with Gasteiger partial charge in [0.05, 0.1) is 25.7 Å². The molecule has 8 nitrogen and oxygen atoms in total. The third-order valence-electron chi connectivity index (χ3n) is 3.20. The molecule has 0 saturated carbocycles. The van der Waals surface area contributed by atoms with Crippen molar-refractivity contribution in [2.75, 3.05) is 25.1 Å². The molecule has 21 heavy (non-hydrogen) atoms. The van der Waals surface area contributed by atoms with Gasteiger partial charge in [-0.15, -0.1) is 0 Å². The third kappa shape index (κ3) is 2.84. The van der Waals surface area contributed by atoms with Crippen LogP contribution in [0.1, 0.15) is 23.4 Å². The van der Waals surface area contributed by atoms with E-state index in [1.165, 1.54) is 13.3 Å². The van der Waals surface area contributed by atoms with Gasteiger partial charge in [-0.25, -0.2) is 15.4 Å². The summed E-state index contributed by atoms with van der Waals surface area (Å²) in [5, 5.41) is 0. The quantitative estimate of drug-likeness (QED) is 0.840. The number of anilines is 1. The molecule has 0 radical (unpaired) electrons. The number of carbonyl (C=O) groups excluding carboxylic acids is 1. The molecule has 3 heterocycles. The molecular weight excluding hydrogens is 274 g/mol. The first kappa shape index (κ1) is 13.5. The van der Waals surface area contributed by atoms with E-state index in [-0.39, 0.29) is 11.7 Å². The molecular formula is C13H15N5O3. The smallest absolute Gasteiger partial charge is 0.312 e. The number of hydrogen-bond acceptors (Lipinski definition) is 7. The SMILES string of the molecule is CONC(=O)c1cnc(-c2cncc(N3CCCC3)n2)o1. The fourth-order valence-corrected chi connectivity index (χ4v) is 2.20. The molecule has 1 saturated heterocycles. The molecule has 0 atom stereocenters. The monoisotopic (exact) mass is 289 g/mol. The number of oxazole rings is 1. The van der Waals surface area contributed by atoms with Crippen LogP contribution in [0.25, 0.3) is 11.6 Å². The van der Waals surface area contributed by atoms with Gasteiger partial charge < -0.3 is 9.32 Å². The summed E-state index contributed by atoms with van der Waals surface area (Å²) in [5.41, 5.74) is 2.66. The van der Waals surface area contributed by atoms with Gasteiger partial charge >= 0.3 is 5.91 Å². The van der Waals surface area contributed by atoms with Crippen LogP contribution in [0.2, 0.25) is 0 Å². The number of hydroxylamine groups is 1. The zero-order valence-electron chi connectivity index (χ0n) is 11.6. The molecule has 0 unspecified atom stereocenters. The molecule has 1 fully saturated rings. The van der Waals surface area contributed by atoms with Gasteiger partial charge in [0.15, 0.2) is 0 Å². The number of nitrogens with zero attached hydrogens (tertiary/aromatic N) is 4. The highest BCUT2D eigenvalue weighted by molar-refractivity contribution is 5.90. The number of nitrogens with one attached hydrogen (secondary N) is 1. The Bertz CT molecular complexity index is 636. The third-order valence-corrected chi connectivity index (χ3v) is 3.20. The van der Waals surface area contributed by atoms with E-state index in [1.54, 1.807) is 12.4 Å². The van der Waals surface area contributed by atoms with Gasteiger partial charge in [0.1, 0.15) is 11.5 Å². The zero-order valence-corrected chi connectivity index (χ0v) is 11.6. The highest BCUT2D eigenvalue weighted by Crippen LogP contribution is 2.21. The predicted octanol–water partition coefficient (Wildman–Crippen LogP) is 1.02. The molecule has 0 aliphatic carbocycles. The molecule has 8 heteroatoms. The Hall–Kier alpha value is -2.48. The van der Waals surface area contributed by atoms with Crippen molar-refractivity contribution in [3.8, 4) is 11.6 Å². The summed E-state index contributed by atoms with van der Waals surface area (Å²) in [4.78, 5) is 31.0. The molecule has 0 aromatic carbocycles. The molecule has 1 amide bonds. The average molecular weight is 289 g/mol. The lowest BCUT2D eigenvalue weighted by Gasteiger charge is -2.15. The van der Waals surface area contributed by atoms with Gasteiger partial charge in [0.2, 0.25) is 11.7 Å². The number of carbonyl (C=O) groups is 1. The molecule has 2 aromatic heterocycles. The Labute approximate surface area is 121 Å². The lowest BCUT2D eigenvalue weighted by molar-refractivity contribution is 0.0510. The predicted molar refractivity (Wildman–Crippen MR) is 73.5 cm³/mol. The van der Waals surface area contributed by atoms with Crippen LogP contribution in [0.3, 0.4) is 0 Å². The molecule has 2 aromatic rings. The Kier molecular flexibility index (Phi) is 3.78. The standard InChI is InChI=1S/C13H15N5O3/c1-20-17-12(19)10-7-15-13(21-10)9-6-14-8-11(16-9)18-4-2-3-5-18/h6-8H,2-5H2,1H3,(H,17,19). The van der Waals surface area contributed by atoms with E-state index >= 15 is 0 Å². The summed E-state index contributed by atoms with van der Waals surface area (Å²) in [7, 11) is 1.35. The van der Waals surface area contributed by atoms with Crippen molar-refractivity contribution < 1.29 is 14.0 Å². The summed E-state index contributed by atoms with van der Waals surface area (Å²) in [6, 6.07) is 0. The van der Waals surface area contributed by atoms with E-state index in [9.17, 15) is 4.79 Å². The fraction of sp³-hybridized carbons (Fsp3) is 0.385. The summed E-state index contributed by atoms with van der Waals surface area (Å²) >= 11 is 0. The second-order valence-electron chi connectivity index (χ2n) is 4.62. The summed E-state index contributed by atoms with van der Waals surface area (Å²) in [6.45, 7) is 1.95. The van der Waals surface area contributed by atoms with Crippen LogP contribution in [0.5, 0.6) is 0 Å². The molecule has 0 bridgehead atoms. The van der Waals surface area contributed by atoms with Crippen LogP contribution in [0.15, 0.2) is 23.0 Å². The van der Waals surface area contributed by atoms with Crippen LogP contribution in [-0.2, 0) is 4.84 Å². The largest absolute Gasteiger partial charge is 0.429 e. The highest BCUT2D eigenvalue weighted by Gasteiger charge is 2.17. The highest BCUT2D eigenvalue weighted by atomic mass is 16.6. The summed E-state index contributed by atoms with van der Waals surface area (Å²) < 4.78 is 5.38. The molecule has 3 rings (SSSR count). The first-order valence-corrected chi connectivity index (χ1v) is 6.64. The topological polar surface area (TPSA) is 93.4 Å². The van der Waals surface area contributed by atoms with E-state index in [0.29, 0.717) is 5.69 Å². The zero-order chi connectivity index (χ0) is 14.7. The minimum absolute atomic E-state index is 0.0558. The molecule has 1 aliphatic rings. The van der Waals surface area contributed by atoms with E-state index in [4.69, 9.17) is 4.42 Å². The number of aromatic nitrogens is 3. The van der Waals surface area contributed by atoms with Crippen molar-refractivity contribution in [2.45, 2.75) is 12.8 Å². The lowest BCUT2D eigenvalue weighted by Crippen LogP contribution is -2.21. The molecule has 1 N–H and O–H groups in total. The van der Waals surface area contributed by atoms with Crippen LogP contribution in [0, 0.1) is 0 Å². The number of rotatable bonds is 4. The van der Waals surface area contributed by atoms with Crippen molar-refractivity contribution in [3.63, 3.8) is 0 Å². The molecule has 0 spiro atoms. The van der Waals surface area contributed by atoms with E-state index in [0.717, 1.165) is 31.7 Å². The van der Waals surface area contributed by atoms with Crippen molar-refractivity contribution in [1.82, 2.24) is 20.4 Å². The van der Waals surface area contributed by atoms with Crippen LogP contribution in [0.4, 0.5) is 5.82 Å². The van der Waals surface area contributed by atoms with E-state index in [2.05, 4.69) is 30.2 Å². The Morgan fingerprint density at radius 1 is 1.33 bits per heavy atom.